The Kier molecular flexibility index (Phi) is 12.5. The summed E-state index contributed by atoms with van der Waals surface area (Å²) in [6.45, 7) is 14.0. The van der Waals surface area contributed by atoms with E-state index >= 15 is 0 Å². The predicted octanol–water partition coefficient (Wildman–Crippen LogP) is 0.731. The highest BCUT2D eigenvalue weighted by molar-refractivity contribution is 5.21. The summed E-state index contributed by atoms with van der Waals surface area (Å²) in [5, 5.41) is 108. The van der Waals surface area contributed by atoms with Crippen molar-refractivity contribution < 1.29 is 70.0 Å². The SMILES string of the molecule is CC(=CCCC(C)(OC1OC(COC2OCC(O)C(O)C2O)C(O)C(O)C1O)C1CCC2(C)C1C(O)CC1C3(C)CC(O)C(O)C(C)(C)C3CCC12C)CO. The van der Waals surface area contributed by atoms with E-state index in [1.807, 2.05) is 19.9 Å². The van der Waals surface area contributed by atoms with Crippen LogP contribution < -0.4 is 0 Å². The molecule has 4 aliphatic carbocycles. The van der Waals surface area contributed by atoms with E-state index in [1.54, 1.807) is 0 Å². The van der Waals surface area contributed by atoms with E-state index in [4.69, 9.17) is 18.9 Å². The van der Waals surface area contributed by atoms with Crippen LogP contribution in [0.2, 0.25) is 0 Å². The minimum absolute atomic E-state index is 0.0921. The first-order valence-electron chi connectivity index (χ1n) is 20.5. The van der Waals surface area contributed by atoms with Crippen LogP contribution in [0.5, 0.6) is 0 Å². The first-order chi connectivity index (χ1) is 25.6. The quantitative estimate of drug-likeness (QED) is 0.138. The Labute approximate surface area is 325 Å². The van der Waals surface area contributed by atoms with Crippen molar-refractivity contribution in [3.05, 3.63) is 11.6 Å². The molecule has 0 spiro atoms. The molecule has 0 bridgehead atoms. The van der Waals surface area contributed by atoms with Crippen molar-refractivity contribution in [1.82, 2.24) is 0 Å². The van der Waals surface area contributed by atoms with Crippen LogP contribution in [-0.4, -0.2) is 150 Å². The Bertz CT molecular complexity index is 1380. The highest BCUT2D eigenvalue weighted by Crippen LogP contribution is 2.76. The molecule has 6 rings (SSSR count). The number of hydrogen-bond acceptors (Lipinski definition) is 14. The molecule has 14 nitrogen and oxygen atoms in total. The Morgan fingerprint density at radius 3 is 2.11 bits per heavy atom. The first-order valence-corrected chi connectivity index (χ1v) is 20.5. The Morgan fingerprint density at radius 2 is 1.44 bits per heavy atom. The summed E-state index contributed by atoms with van der Waals surface area (Å²) in [5.41, 5.74) is -1.58. The van der Waals surface area contributed by atoms with Crippen molar-refractivity contribution in [2.24, 2.45) is 45.3 Å². The van der Waals surface area contributed by atoms with Gasteiger partial charge in [-0.05, 0) is 111 Å². The van der Waals surface area contributed by atoms with Crippen LogP contribution in [0.4, 0.5) is 0 Å². The lowest BCUT2D eigenvalue weighted by Gasteiger charge is -2.71. The van der Waals surface area contributed by atoms with Crippen LogP contribution in [0.15, 0.2) is 11.6 Å². The molecule has 20 unspecified atom stereocenters. The number of rotatable bonds is 10. The van der Waals surface area contributed by atoms with Crippen molar-refractivity contribution in [3.63, 3.8) is 0 Å². The van der Waals surface area contributed by atoms with E-state index < -0.39 is 91.2 Å². The maximum absolute atomic E-state index is 12.4. The second-order valence-corrected chi connectivity index (χ2v) is 19.8. The predicted molar refractivity (Wildman–Crippen MR) is 198 cm³/mol. The molecular formula is C41H70O14. The molecule has 20 atom stereocenters. The standard InChI is InChI=1S/C41H70O14/c1-20(17-42)9-8-12-41(7,55-36-33(50)31(48)30(47)25(54-36)19-53-35-32(49)29(46)24(45)18-52-35)21-10-13-40(6)28(21)22(43)15-27-38(4)16-23(44)34(51)37(2,3)26(38)11-14-39(27,40)5/h9,21-36,42-51H,8,10-19H2,1-7H3. The molecule has 10 N–H and O–H groups in total. The minimum Gasteiger partial charge on any atom is -0.393 e. The summed E-state index contributed by atoms with van der Waals surface area (Å²) in [7, 11) is 0. The van der Waals surface area contributed by atoms with E-state index in [-0.39, 0.29) is 53.1 Å². The zero-order valence-electron chi connectivity index (χ0n) is 33.7. The summed E-state index contributed by atoms with van der Waals surface area (Å²) in [6.07, 6.45) is -8.49. The molecule has 0 aromatic rings. The van der Waals surface area contributed by atoms with E-state index in [0.717, 1.165) is 24.8 Å². The van der Waals surface area contributed by atoms with Crippen LogP contribution in [0, 0.1) is 45.3 Å². The van der Waals surface area contributed by atoms with Crippen molar-refractivity contribution in [3.8, 4) is 0 Å². The normalized spacial score (nSPS) is 52.5. The van der Waals surface area contributed by atoms with Gasteiger partial charge in [0.15, 0.2) is 12.6 Å². The largest absolute Gasteiger partial charge is 0.393 e. The monoisotopic (exact) mass is 786 g/mol. The van der Waals surface area contributed by atoms with Crippen LogP contribution in [0.3, 0.4) is 0 Å². The van der Waals surface area contributed by atoms with Crippen LogP contribution in [0.1, 0.15) is 99.8 Å². The Balaban J connectivity index is 1.27. The molecule has 0 amide bonds. The molecule has 6 aliphatic rings. The fourth-order valence-electron chi connectivity index (χ4n) is 13.1. The summed E-state index contributed by atoms with van der Waals surface area (Å²) < 4.78 is 24.0. The van der Waals surface area contributed by atoms with E-state index in [9.17, 15) is 51.1 Å². The number of aliphatic hydroxyl groups is 10. The average molecular weight is 787 g/mol. The second-order valence-electron chi connectivity index (χ2n) is 19.8. The van der Waals surface area contributed by atoms with Crippen molar-refractivity contribution >= 4 is 0 Å². The lowest BCUT2D eigenvalue weighted by atomic mass is 9.35. The number of fused-ring (bicyclic) bond motifs is 5. The fraction of sp³-hybridized carbons (Fsp3) is 0.951. The molecule has 318 valence electrons. The zero-order chi connectivity index (χ0) is 40.6. The van der Waals surface area contributed by atoms with Crippen LogP contribution in [-0.2, 0) is 18.9 Å². The van der Waals surface area contributed by atoms with E-state index in [0.29, 0.717) is 32.1 Å². The summed E-state index contributed by atoms with van der Waals surface area (Å²) in [4.78, 5) is 0. The molecule has 0 aromatic heterocycles. The number of ether oxygens (including phenoxy) is 4. The first kappa shape index (κ1) is 43.8. The summed E-state index contributed by atoms with van der Waals surface area (Å²) in [5.74, 6) is -0.170. The fourth-order valence-corrected chi connectivity index (χ4v) is 13.1. The highest BCUT2D eigenvalue weighted by Gasteiger charge is 2.72. The molecule has 2 saturated heterocycles. The van der Waals surface area contributed by atoms with Crippen molar-refractivity contribution in [2.45, 2.75) is 179 Å². The van der Waals surface area contributed by atoms with Gasteiger partial charge in [-0.15, -0.1) is 0 Å². The summed E-state index contributed by atoms with van der Waals surface area (Å²) >= 11 is 0. The number of allylic oxidation sites excluding steroid dienone is 1. The molecule has 2 aliphatic heterocycles. The van der Waals surface area contributed by atoms with Gasteiger partial charge in [-0.1, -0.05) is 46.3 Å². The van der Waals surface area contributed by atoms with Crippen LogP contribution >= 0.6 is 0 Å². The maximum atomic E-state index is 12.4. The zero-order valence-corrected chi connectivity index (χ0v) is 33.7. The van der Waals surface area contributed by atoms with Crippen molar-refractivity contribution in [1.29, 1.82) is 0 Å². The van der Waals surface area contributed by atoms with Gasteiger partial charge in [0.05, 0.1) is 43.7 Å². The molecule has 4 saturated carbocycles. The van der Waals surface area contributed by atoms with Gasteiger partial charge in [-0.3, -0.25) is 0 Å². The molecule has 0 radical (unpaired) electrons. The van der Waals surface area contributed by atoms with Crippen LogP contribution in [0.25, 0.3) is 0 Å². The third kappa shape index (κ3) is 7.19. The second kappa shape index (κ2) is 15.7. The Morgan fingerprint density at radius 1 is 0.782 bits per heavy atom. The van der Waals surface area contributed by atoms with Gasteiger partial charge >= 0.3 is 0 Å². The van der Waals surface area contributed by atoms with E-state index in [2.05, 4.69) is 34.6 Å². The molecular weight excluding hydrogens is 716 g/mol. The highest BCUT2D eigenvalue weighted by atomic mass is 16.7. The van der Waals surface area contributed by atoms with Gasteiger partial charge < -0.3 is 70.0 Å². The molecule has 14 heteroatoms. The van der Waals surface area contributed by atoms with E-state index in [1.165, 1.54) is 0 Å². The van der Waals surface area contributed by atoms with Gasteiger partial charge in [0.2, 0.25) is 0 Å². The maximum Gasteiger partial charge on any atom is 0.187 e. The lowest BCUT2D eigenvalue weighted by Crippen LogP contribution is -2.68. The summed E-state index contributed by atoms with van der Waals surface area (Å²) in [6, 6.07) is 0. The van der Waals surface area contributed by atoms with Gasteiger partial charge in [-0.25, -0.2) is 0 Å². The topological polar surface area (TPSA) is 239 Å². The number of aliphatic hydroxyl groups excluding tert-OH is 10. The molecule has 6 fully saturated rings. The smallest absolute Gasteiger partial charge is 0.187 e. The molecule has 55 heavy (non-hydrogen) atoms. The van der Waals surface area contributed by atoms with Gasteiger partial charge in [0, 0.05) is 0 Å². The molecule has 2 heterocycles. The van der Waals surface area contributed by atoms with Gasteiger partial charge in [0.25, 0.3) is 0 Å². The average Bonchev–Trinajstić information content (AvgIpc) is 3.51. The molecule has 0 aromatic carbocycles. The minimum atomic E-state index is -1.68. The lowest BCUT2D eigenvalue weighted by molar-refractivity contribution is -0.345. The van der Waals surface area contributed by atoms with Gasteiger partial charge in [-0.2, -0.15) is 0 Å². The van der Waals surface area contributed by atoms with Crippen molar-refractivity contribution in [2.75, 3.05) is 19.8 Å². The third-order valence-corrected chi connectivity index (χ3v) is 16.4. The van der Waals surface area contributed by atoms with Gasteiger partial charge in [0.1, 0.15) is 42.7 Å². The Hall–Kier alpha value is -0.820. The third-order valence-electron chi connectivity index (χ3n) is 16.4. The number of hydrogen-bond donors (Lipinski definition) is 10.